The molecule has 0 aliphatic heterocycles. The molecule has 0 heterocycles. The van der Waals surface area contributed by atoms with Gasteiger partial charge in [0.2, 0.25) is 10.0 Å². The average molecular weight is 337 g/mol. The fraction of sp³-hybridized carbons (Fsp3) is 0.273. The molecule has 1 aromatic carbocycles. The van der Waals surface area contributed by atoms with E-state index in [0.717, 1.165) is 12.1 Å². The maximum atomic E-state index is 13.2. The number of halogens is 2. The van der Waals surface area contributed by atoms with Crippen molar-refractivity contribution in [3.05, 3.63) is 35.1 Å². The SMILES string of the molecule is C=CCN(CC)S(=O)(=O)c1cc(N)c(F)cc1Br. The Morgan fingerprint density at radius 1 is 1.56 bits per heavy atom. The van der Waals surface area contributed by atoms with Gasteiger partial charge in [-0.15, -0.1) is 6.58 Å². The first-order valence-corrected chi connectivity index (χ1v) is 7.43. The van der Waals surface area contributed by atoms with E-state index >= 15 is 0 Å². The zero-order valence-electron chi connectivity index (χ0n) is 9.86. The maximum absolute atomic E-state index is 13.2. The lowest BCUT2D eigenvalue weighted by atomic mass is 10.3. The summed E-state index contributed by atoms with van der Waals surface area (Å²) in [5, 5.41) is 0. The highest BCUT2D eigenvalue weighted by molar-refractivity contribution is 9.10. The Labute approximate surface area is 114 Å². The third-order valence-corrected chi connectivity index (χ3v) is 5.25. The summed E-state index contributed by atoms with van der Waals surface area (Å²) in [5.41, 5.74) is 5.20. The van der Waals surface area contributed by atoms with E-state index < -0.39 is 15.8 Å². The average Bonchev–Trinajstić information content (AvgIpc) is 2.30. The molecule has 7 heteroatoms. The van der Waals surface area contributed by atoms with Crippen LogP contribution in [0.1, 0.15) is 6.92 Å². The van der Waals surface area contributed by atoms with Crippen LogP contribution in [-0.4, -0.2) is 25.8 Å². The van der Waals surface area contributed by atoms with Crippen molar-refractivity contribution in [2.24, 2.45) is 0 Å². The second kappa shape index (κ2) is 5.81. The van der Waals surface area contributed by atoms with Crippen molar-refractivity contribution in [2.75, 3.05) is 18.8 Å². The minimum absolute atomic E-state index is 0.0508. The van der Waals surface area contributed by atoms with Gasteiger partial charge in [-0.3, -0.25) is 0 Å². The highest BCUT2D eigenvalue weighted by Crippen LogP contribution is 2.29. The van der Waals surface area contributed by atoms with Crippen LogP contribution in [0.5, 0.6) is 0 Å². The molecule has 0 saturated heterocycles. The number of hydrogen-bond donors (Lipinski definition) is 1. The van der Waals surface area contributed by atoms with Crippen molar-refractivity contribution in [3.63, 3.8) is 0 Å². The van der Waals surface area contributed by atoms with Crippen LogP contribution in [0.2, 0.25) is 0 Å². The maximum Gasteiger partial charge on any atom is 0.244 e. The van der Waals surface area contributed by atoms with E-state index in [1.165, 1.54) is 10.4 Å². The van der Waals surface area contributed by atoms with Crippen molar-refractivity contribution in [1.82, 2.24) is 4.31 Å². The molecule has 100 valence electrons. The molecule has 0 fully saturated rings. The first kappa shape index (κ1) is 15.1. The van der Waals surface area contributed by atoms with Gasteiger partial charge in [0.05, 0.1) is 10.6 Å². The first-order chi connectivity index (χ1) is 8.34. The Kier molecular flexibility index (Phi) is 4.89. The standard InChI is InChI=1S/C11H14BrFN2O2S/c1-3-5-15(4-2)18(16,17)11-7-10(14)9(13)6-8(11)12/h3,6-7H,1,4-5,14H2,2H3. The van der Waals surface area contributed by atoms with Crippen molar-refractivity contribution in [1.29, 1.82) is 0 Å². The summed E-state index contributed by atoms with van der Waals surface area (Å²) in [4.78, 5) is -0.0508. The number of sulfonamides is 1. The molecule has 0 atom stereocenters. The Hall–Kier alpha value is -0.920. The Balaban J connectivity index is 3.36. The molecule has 0 aliphatic rings. The molecule has 0 bridgehead atoms. The number of anilines is 1. The van der Waals surface area contributed by atoms with Gasteiger partial charge in [-0.2, -0.15) is 4.31 Å². The van der Waals surface area contributed by atoms with Gasteiger partial charge in [0.25, 0.3) is 0 Å². The number of benzene rings is 1. The van der Waals surface area contributed by atoms with Crippen LogP contribution in [0.15, 0.2) is 34.2 Å². The van der Waals surface area contributed by atoms with E-state index in [4.69, 9.17) is 5.73 Å². The molecule has 18 heavy (non-hydrogen) atoms. The number of nitrogens with zero attached hydrogens (tertiary/aromatic N) is 1. The van der Waals surface area contributed by atoms with Crippen molar-refractivity contribution < 1.29 is 12.8 Å². The van der Waals surface area contributed by atoms with E-state index in [-0.39, 0.29) is 28.1 Å². The predicted octanol–water partition coefficient (Wildman–Crippen LogP) is 2.37. The Morgan fingerprint density at radius 2 is 2.17 bits per heavy atom. The Morgan fingerprint density at radius 3 is 2.67 bits per heavy atom. The predicted molar refractivity (Wildman–Crippen MR) is 73.1 cm³/mol. The van der Waals surface area contributed by atoms with Crippen molar-refractivity contribution in [3.8, 4) is 0 Å². The number of likely N-dealkylation sites (N-methyl/N-ethyl adjacent to an activating group) is 1. The van der Waals surface area contributed by atoms with Gasteiger partial charge in [0, 0.05) is 17.6 Å². The van der Waals surface area contributed by atoms with Crippen LogP contribution in [0.3, 0.4) is 0 Å². The molecule has 0 radical (unpaired) electrons. The van der Waals surface area contributed by atoms with E-state index in [1.54, 1.807) is 6.92 Å². The number of hydrogen-bond acceptors (Lipinski definition) is 3. The van der Waals surface area contributed by atoms with Crippen LogP contribution in [-0.2, 0) is 10.0 Å². The lowest BCUT2D eigenvalue weighted by Gasteiger charge is -2.19. The lowest BCUT2D eigenvalue weighted by molar-refractivity contribution is 0.459. The smallest absolute Gasteiger partial charge is 0.244 e. The van der Waals surface area contributed by atoms with Crippen LogP contribution in [0.4, 0.5) is 10.1 Å². The summed E-state index contributed by atoms with van der Waals surface area (Å²) in [7, 11) is -3.71. The third kappa shape index (κ3) is 2.90. The van der Waals surface area contributed by atoms with Gasteiger partial charge in [-0.05, 0) is 28.1 Å². The molecular weight excluding hydrogens is 323 g/mol. The highest BCUT2D eigenvalue weighted by atomic mass is 79.9. The fourth-order valence-corrected chi connectivity index (χ4v) is 3.85. The fourth-order valence-electron chi connectivity index (χ4n) is 1.42. The quantitative estimate of drug-likeness (QED) is 0.663. The summed E-state index contributed by atoms with van der Waals surface area (Å²) in [6, 6.07) is 2.16. The molecule has 2 N–H and O–H groups in total. The summed E-state index contributed by atoms with van der Waals surface area (Å²) in [6.07, 6.45) is 1.49. The topological polar surface area (TPSA) is 63.4 Å². The van der Waals surface area contributed by atoms with Crippen molar-refractivity contribution >= 4 is 31.6 Å². The monoisotopic (exact) mass is 336 g/mol. The third-order valence-electron chi connectivity index (χ3n) is 2.35. The minimum atomic E-state index is -3.71. The molecule has 0 aromatic heterocycles. The number of nitrogen functional groups attached to an aromatic ring is 1. The summed E-state index contributed by atoms with van der Waals surface area (Å²) in [5.74, 6) is -0.660. The lowest BCUT2D eigenvalue weighted by Crippen LogP contribution is -2.31. The molecule has 1 aromatic rings. The molecule has 0 saturated carbocycles. The molecule has 0 spiro atoms. The van der Waals surface area contributed by atoms with Crippen LogP contribution in [0, 0.1) is 5.82 Å². The van der Waals surface area contributed by atoms with E-state index in [0.29, 0.717) is 0 Å². The first-order valence-electron chi connectivity index (χ1n) is 5.20. The molecule has 1 rings (SSSR count). The van der Waals surface area contributed by atoms with Crippen molar-refractivity contribution in [2.45, 2.75) is 11.8 Å². The normalized spacial score (nSPS) is 11.8. The zero-order valence-corrected chi connectivity index (χ0v) is 12.3. The van der Waals surface area contributed by atoms with Crippen LogP contribution >= 0.6 is 15.9 Å². The summed E-state index contributed by atoms with van der Waals surface area (Å²) >= 11 is 3.04. The largest absolute Gasteiger partial charge is 0.396 e. The van der Waals surface area contributed by atoms with Gasteiger partial charge in [-0.1, -0.05) is 13.0 Å². The van der Waals surface area contributed by atoms with Gasteiger partial charge >= 0.3 is 0 Å². The van der Waals surface area contributed by atoms with E-state index in [9.17, 15) is 12.8 Å². The second-order valence-corrected chi connectivity index (χ2v) is 6.31. The highest BCUT2D eigenvalue weighted by Gasteiger charge is 2.25. The zero-order chi connectivity index (χ0) is 13.9. The number of rotatable bonds is 5. The number of nitrogens with two attached hydrogens (primary N) is 1. The second-order valence-electron chi connectivity index (χ2n) is 3.55. The molecular formula is C11H14BrFN2O2S. The van der Waals surface area contributed by atoms with Crippen LogP contribution in [0.25, 0.3) is 0 Å². The molecule has 0 aliphatic carbocycles. The Bertz CT molecular complexity index is 560. The minimum Gasteiger partial charge on any atom is -0.396 e. The molecule has 0 unspecified atom stereocenters. The van der Waals surface area contributed by atoms with Gasteiger partial charge in [0.15, 0.2) is 0 Å². The van der Waals surface area contributed by atoms with E-state index in [2.05, 4.69) is 22.5 Å². The van der Waals surface area contributed by atoms with E-state index in [1.807, 2.05) is 0 Å². The molecule has 0 amide bonds. The summed E-state index contributed by atoms with van der Waals surface area (Å²) < 4.78 is 39.2. The van der Waals surface area contributed by atoms with Gasteiger partial charge in [-0.25, -0.2) is 12.8 Å². The molecule has 4 nitrogen and oxygen atoms in total. The van der Waals surface area contributed by atoms with Gasteiger partial charge in [0.1, 0.15) is 5.82 Å². The van der Waals surface area contributed by atoms with Crippen LogP contribution < -0.4 is 5.73 Å². The summed E-state index contributed by atoms with van der Waals surface area (Å²) in [6.45, 7) is 5.69. The van der Waals surface area contributed by atoms with Gasteiger partial charge < -0.3 is 5.73 Å².